The predicted octanol–water partition coefficient (Wildman–Crippen LogP) is 3.72. The lowest BCUT2D eigenvalue weighted by Gasteiger charge is -2.32. The molecule has 1 N–H and O–H groups in total. The molecule has 0 spiro atoms. The monoisotopic (exact) mass is 416 g/mol. The molecule has 0 fully saturated rings. The van der Waals surface area contributed by atoms with Gasteiger partial charge in [-0.25, -0.2) is 0 Å². The van der Waals surface area contributed by atoms with E-state index in [0.717, 1.165) is 28.3 Å². The van der Waals surface area contributed by atoms with E-state index in [-0.39, 0.29) is 18.4 Å². The summed E-state index contributed by atoms with van der Waals surface area (Å²) in [4.78, 5) is 28.3. The first-order chi connectivity index (χ1) is 15.0. The molecule has 158 valence electrons. The first kappa shape index (κ1) is 20.6. The minimum Gasteiger partial charge on any atom is -0.494 e. The Hall–Kier alpha value is -3.67. The molecular weight excluding hydrogens is 390 g/mol. The van der Waals surface area contributed by atoms with Gasteiger partial charge in [0.2, 0.25) is 18.3 Å². The summed E-state index contributed by atoms with van der Waals surface area (Å²) in [5.41, 5.74) is 4.15. The smallest absolute Gasteiger partial charge is 0.294 e. The highest BCUT2D eigenvalue weighted by molar-refractivity contribution is 6.05. The van der Waals surface area contributed by atoms with Gasteiger partial charge in [0.1, 0.15) is 5.75 Å². The molecule has 6 heteroatoms. The number of amides is 2. The SMILES string of the molecule is CCOc1ccc(N2C(=O)C[n+]3ccccc3[C@@H]2C(=O)Nc2c(C)cccc2C)cc1. The van der Waals surface area contributed by atoms with Crippen molar-refractivity contribution in [2.24, 2.45) is 0 Å². The number of anilines is 2. The Morgan fingerprint density at radius 3 is 2.45 bits per heavy atom. The van der Waals surface area contributed by atoms with Crippen LogP contribution >= 0.6 is 0 Å². The van der Waals surface area contributed by atoms with Crippen molar-refractivity contribution in [2.75, 3.05) is 16.8 Å². The molecule has 0 radical (unpaired) electrons. The number of nitrogens with zero attached hydrogens (tertiary/aromatic N) is 2. The van der Waals surface area contributed by atoms with Crippen molar-refractivity contribution >= 4 is 23.2 Å². The number of fused-ring (bicyclic) bond motifs is 1. The first-order valence-electron chi connectivity index (χ1n) is 10.4. The van der Waals surface area contributed by atoms with Gasteiger partial charge in [-0.1, -0.05) is 24.3 Å². The van der Waals surface area contributed by atoms with Crippen LogP contribution in [0.1, 0.15) is 29.8 Å². The Morgan fingerprint density at radius 1 is 1.06 bits per heavy atom. The van der Waals surface area contributed by atoms with Crippen LogP contribution in [0.25, 0.3) is 0 Å². The van der Waals surface area contributed by atoms with Crippen molar-refractivity contribution in [3.63, 3.8) is 0 Å². The lowest BCUT2D eigenvalue weighted by atomic mass is 10.0. The summed E-state index contributed by atoms with van der Waals surface area (Å²) in [5, 5.41) is 3.07. The van der Waals surface area contributed by atoms with Crippen molar-refractivity contribution in [3.8, 4) is 5.75 Å². The van der Waals surface area contributed by atoms with Gasteiger partial charge in [0.15, 0.2) is 6.20 Å². The van der Waals surface area contributed by atoms with E-state index < -0.39 is 6.04 Å². The normalized spacial score (nSPS) is 15.4. The summed E-state index contributed by atoms with van der Waals surface area (Å²) in [7, 11) is 0. The molecule has 2 heterocycles. The van der Waals surface area contributed by atoms with Gasteiger partial charge in [-0.2, -0.15) is 4.57 Å². The maximum Gasteiger partial charge on any atom is 0.294 e. The van der Waals surface area contributed by atoms with Gasteiger partial charge in [0.05, 0.1) is 6.61 Å². The van der Waals surface area contributed by atoms with Crippen molar-refractivity contribution in [3.05, 3.63) is 83.7 Å². The number of carbonyl (C=O) groups excluding carboxylic acids is 2. The summed E-state index contributed by atoms with van der Waals surface area (Å²) in [6, 6.07) is 18.0. The van der Waals surface area contributed by atoms with Crippen molar-refractivity contribution in [1.29, 1.82) is 0 Å². The van der Waals surface area contributed by atoms with E-state index in [1.807, 2.05) is 92.2 Å². The van der Waals surface area contributed by atoms with Crippen LogP contribution in [0.5, 0.6) is 5.75 Å². The highest BCUT2D eigenvalue weighted by atomic mass is 16.5. The molecular formula is C25H26N3O3+. The molecule has 4 rings (SSSR count). The summed E-state index contributed by atoms with van der Waals surface area (Å²) < 4.78 is 7.36. The molecule has 1 atom stereocenters. The molecule has 2 amide bonds. The highest BCUT2D eigenvalue weighted by Crippen LogP contribution is 2.32. The number of benzene rings is 2. The van der Waals surface area contributed by atoms with Crippen LogP contribution in [-0.4, -0.2) is 18.4 Å². The molecule has 0 aliphatic carbocycles. The third-order valence-corrected chi connectivity index (χ3v) is 5.49. The molecule has 2 aromatic carbocycles. The van der Waals surface area contributed by atoms with Gasteiger partial charge in [0.25, 0.3) is 11.8 Å². The lowest BCUT2D eigenvalue weighted by molar-refractivity contribution is -0.695. The maximum absolute atomic E-state index is 13.6. The molecule has 0 bridgehead atoms. The number of rotatable bonds is 5. The molecule has 1 aromatic heterocycles. The Balaban J connectivity index is 1.76. The zero-order valence-corrected chi connectivity index (χ0v) is 18.0. The second kappa shape index (κ2) is 8.60. The van der Waals surface area contributed by atoms with E-state index in [1.165, 1.54) is 0 Å². The number of hydrogen-bond acceptors (Lipinski definition) is 3. The minimum atomic E-state index is -0.792. The van der Waals surface area contributed by atoms with Gasteiger partial charge in [-0.3, -0.25) is 14.5 Å². The number of pyridine rings is 1. The lowest BCUT2D eigenvalue weighted by Crippen LogP contribution is -2.58. The fourth-order valence-electron chi connectivity index (χ4n) is 4.00. The van der Waals surface area contributed by atoms with E-state index in [0.29, 0.717) is 12.3 Å². The summed E-state index contributed by atoms with van der Waals surface area (Å²) in [5.74, 6) is 0.329. The van der Waals surface area contributed by atoms with E-state index in [4.69, 9.17) is 4.74 Å². The second-order valence-electron chi connectivity index (χ2n) is 7.60. The van der Waals surface area contributed by atoms with Crippen LogP contribution < -0.4 is 19.5 Å². The number of hydrogen-bond donors (Lipinski definition) is 1. The van der Waals surface area contributed by atoms with Gasteiger partial charge in [-0.05, 0) is 56.2 Å². The number of ether oxygens (including phenoxy) is 1. The van der Waals surface area contributed by atoms with Crippen molar-refractivity contribution in [1.82, 2.24) is 0 Å². The summed E-state index contributed by atoms with van der Waals surface area (Å²) in [6.07, 6.45) is 1.84. The molecule has 31 heavy (non-hydrogen) atoms. The average Bonchev–Trinajstić information content (AvgIpc) is 2.76. The fraction of sp³-hybridized carbons (Fsp3) is 0.240. The summed E-state index contributed by atoms with van der Waals surface area (Å²) in [6.45, 7) is 6.58. The van der Waals surface area contributed by atoms with Gasteiger partial charge < -0.3 is 10.1 Å². The Bertz CT molecular complexity index is 1100. The average molecular weight is 417 g/mol. The highest BCUT2D eigenvalue weighted by Gasteiger charge is 2.43. The number of nitrogens with one attached hydrogen (secondary N) is 1. The molecule has 3 aromatic rings. The number of carbonyl (C=O) groups is 2. The standard InChI is InChI=1S/C25H25N3O3/c1-4-31-20-13-11-19(12-14-20)28-22(29)16-27-15-6-5-10-21(27)24(28)25(30)26-23-17(2)8-7-9-18(23)3/h5-15,24H,4,16H2,1-3H3/p+1/t24-/m1/s1. The van der Waals surface area contributed by atoms with Crippen LogP contribution in [0.4, 0.5) is 11.4 Å². The first-order valence-corrected chi connectivity index (χ1v) is 10.4. The Kier molecular flexibility index (Phi) is 5.71. The Labute approximate surface area is 182 Å². The van der Waals surface area contributed by atoms with E-state index in [2.05, 4.69) is 5.32 Å². The van der Waals surface area contributed by atoms with Gasteiger partial charge in [-0.15, -0.1) is 0 Å². The number of aromatic nitrogens is 1. The van der Waals surface area contributed by atoms with E-state index in [1.54, 1.807) is 4.90 Å². The maximum atomic E-state index is 13.6. The largest absolute Gasteiger partial charge is 0.494 e. The molecule has 1 aliphatic rings. The fourth-order valence-corrected chi connectivity index (χ4v) is 4.00. The summed E-state index contributed by atoms with van der Waals surface area (Å²) >= 11 is 0. The van der Waals surface area contributed by atoms with E-state index in [9.17, 15) is 9.59 Å². The van der Waals surface area contributed by atoms with Crippen LogP contribution in [0.2, 0.25) is 0 Å². The van der Waals surface area contributed by atoms with Crippen molar-refractivity contribution in [2.45, 2.75) is 33.4 Å². The zero-order chi connectivity index (χ0) is 22.0. The van der Waals surface area contributed by atoms with Crippen LogP contribution in [0.15, 0.2) is 66.9 Å². The van der Waals surface area contributed by atoms with Gasteiger partial charge >= 0.3 is 0 Å². The molecule has 0 unspecified atom stereocenters. The van der Waals surface area contributed by atoms with Gasteiger partial charge in [0, 0.05) is 23.5 Å². The predicted molar refractivity (Wildman–Crippen MR) is 119 cm³/mol. The molecule has 0 saturated carbocycles. The minimum absolute atomic E-state index is 0.144. The molecule has 0 saturated heterocycles. The number of para-hydroxylation sites is 1. The topological polar surface area (TPSA) is 62.5 Å². The third-order valence-electron chi connectivity index (χ3n) is 5.49. The van der Waals surface area contributed by atoms with Crippen molar-refractivity contribution < 1.29 is 18.9 Å². The van der Waals surface area contributed by atoms with Crippen LogP contribution in [0.3, 0.4) is 0 Å². The molecule has 1 aliphatic heterocycles. The van der Waals surface area contributed by atoms with E-state index >= 15 is 0 Å². The number of aryl methyl sites for hydroxylation is 2. The van der Waals surface area contributed by atoms with Crippen LogP contribution in [0, 0.1) is 13.8 Å². The Morgan fingerprint density at radius 2 is 1.77 bits per heavy atom. The molecule has 6 nitrogen and oxygen atoms in total. The quantitative estimate of drug-likeness (QED) is 0.645. The second-order valence-corrected chi connectivity index (χ2v) is 7.60. The third kappa shape index (κ3) is 4.01. The van der Waals surface area contributed by atoms with Crippen LogP contribution in [-0.2, 0) is 16.1 Å². The zero-order valence-electron chi connectivity index (χ0n) is 18.0.